The van der Waals surface area contributed by atoms with E-state index in [0.29, 0.717) is 0 Å². The molecule has 4 nitrogen and oxygen atoms in total. The van der Waals surface area contributed by atoms with E-state index in [2.05, 4.69) is 15.0 Å². The van der Waals surface area contributed by atoms with Crippen LogP contribution in [0.1, 0.15) is 5.82 Å². The molecule has 0 spiro atoms. The average molecular weight is 214 g/mol. The van der Waals surface area contributed by atoms with Crippen LogP contribution in [0.4, 0.5) is 19.0 Å². The van der Waals surface area contributed by atoms with E-state index in [9.17, 15) is 13.2 Å². The van der Waals surface area contributed by atoms with E-state index in [1.165, 1.54) is 18.3 Å². The lowest BCUT2D eigenvalue weighted by atomic mass is 10.3. The quantitative estimate of drug-likeness (QED) is 0.723. The SMILES string of the molecule is Nc1nc(C(F)(F)F)nc2cccnc12. The maximum Gasteiger partial charge on any atom is 0.451 e. The second-order valence-electron chi connectivity index (χ2n) is 2.80. The molecule has 0 aliphatic heterocycles. The van der Waals surface area contributed by atoms with E-state index in [4.69, 9.17) is 5.73 Å². The topological polar surface area (TPSA) is 64.7 Å². The van der Waals surface area contributed by atoms with Crippen LogP contribution in [-0.4, -0.2) is 15.0 Å². The average Bonchev–Trinajstić information content (AvgIpc) is 2.16. The summed E-state index contributed by atoms with van der Waals surface area (Å²) in [6.45, 7) is 0. The van der Waals surface area contributed by atoms with Gasteiger partial charge in [0.15, 0.2) is 5.82 Å². The molecule has 2 aromatic heterocycles. The zero-order valence-corrected chi connectivity index (χ0v) is 7.28. The highest BCUT2D eigenvalue weighted by molar-refractivity contribution is 5.83. The third kappa shape index (κ3) is 1.67. The molecule has 0 radical (unpaired) electrons. The zero-order valence-electron chi connectivity index (χ0n) is 7.28. The summed E-state index contributed by atoms with van der Waals surface area (Å²) >= 11 is 0. The maximum atomic E-state index is 12.3. The molecule has 0 fully saturated rings. The number of rotatable bonds is 0. The van der Waals surface area contributed by atoms with Gasteiger partial charge in [-0.15, -0.1) is 0 Å². The molecule has 7 heteroatoms. The van der Waals surface area contributed by atoms with Gasteiger partial charge in [-0.2, -0.15) is 13.2 Å². The molecular weight excluding hydrogens is 209 g/mol. The summed E-state index contributed by atoms with van der Waals surface area (Å²) in [5, 5.41) is 0. The van der Waals surface area contributed by atoms with E-state index in [-0.39, 0.29) is 16.9 Å². The number of nitrogens with zero attached hydrogens (tertiary/aromatic N) is 3. The van der Waals surface area contributed by atoms with Gasteiger partial charge in [-0.05, 0) is 12.1 Å². The molecule has 0 atom stereocenters. The molecule has 0 aromatic carbocycles. The van der Waals surface area contributed by atoms with Gasteiger partial charge < -0.3 is 5.73 Å². The van der Waals surface area contributed by atoms with E-state index in [1.54, 1.807) is 0 Å². The molecule has 15 heavy (non-hydrogen) atoms. The van der Waals surface area contributed by atoms with Crippen molar-refractivity contribution in [3.8, 4) is 0 Å². The van der Waals surface area contributed by atoms with Crippen molar-refractivity contribution in [1.29, 1.82) is 0 Å². The molecule has 0 amide bonds. The van der Waals surface area contributed by atoms with Crippen LogP contribution in [0, 0.1) is 0 Å². The second-order valence-corrected chi connectivity index (χ2v) is 2.80. The number of halogens is 3. The van der Waals surface area contributed by atoms with Crippen LogP contribution in [0.2, 0.25) is 0 Å². The zero-order chi connectivity index (χ0) is 11.1. The van der Waals surface area contributed by atoms with Gasteiger partial charge in [-0.3, -0.25) is 4.98 Å². The van der Waals surface area contributed by atoms with Crippen molar-refractivity contribution in [3.63, 3.8) is 0 Å². The van der Waals surface area contributed by atoms with Gasteiger partial charge in [0.25, 0.3) is 0 Å². The molecule has 78 valence electrons. The largest absolute Gasteiger partial charge is 0.451 e. The van der Waals surface area contributed by atoms with Crippen molar-refractivity contribution in [2.24, 2.45) is 0 Å². The molecule has 2 N–H and O–H groups in total. The summed E-state index contributed by atoms with van der Waals surface area (Å²) < 4.78 is 36.9. The smallest absolute Gasteiger partial charge is 0.382 e. The Morgan fingerprint density at radius 2 is 1.93 bits per heavy atom. The molecule has 0 saturated carbocycles. The highest BCUT2D eigenvalue weighted by Gasteiger charge is 2.35. The van der Waals surface area contributed by atoms with Crippen molar-refractivity contribution in [3.05, 3.63) is 24.2 Å². The number of fused-ring (bicyclic) bond motifs is 1. The summed E-state index contributed by atoms with van der Waals surface area (Å²) in [4.78, 5) is 10.3. The first-order chi connectivity index (χ1) is 6.98. The van der Waals surface area contributed by atoms with Crippen molar-refractivity contribution >= 4 is 16.9 Å². The van der Waals surface area contributed by atoms with Gasteiger partial charge in [0.2, 0.25) is 5.82 Å². The first kappa shape index (κ1) is 9.63. The Morgan fingerprint density at radius 3 is 2.60 bits per heavy atom. The van der Waals surface area contributed by atoms with E-state index >= 15 is 0 Å². The van der Waals surface area contributed by atoms with Gasteiger partial charge in [0, 0.05) is 6.20 Å². The lowest BCUT2D eigenvalue weighted by molar-refractivity contribution is -0.144. The Bertz CT molecular complexity index is 509. The number of nitrogen functional groups attached to an aromatic ring is 1. The van der Waals surface area contributed by atoms with Gasteiger partial charge in [0.1, 0.15) is 5.52 Å². The Morgan fingerprint density at radius 1 is 1.20 bits per heavy atom. The molecule has 0 unspecified atom stereocenters. The first-order valence-electron chi connectivity index (χ1n) is 3.94. The molecule has 2 heterocycles. The van der Waals surface area contributed by atoms with Crippen LogP contribution in [0.3, 0.4) is 0 Å². The van der Waals surface area contributed by atoms with Gasteiger partial charge in [-0.25, -0.2) is 9.97 Å². The summed E-state index contributed by atoms with van der Waals surface area (Å²) in [7, 11) is 0. The van der Waals surface area contributed by atoms with Crippen LogP contribution in [0.25, 0.3) is 11.0 Å². The second kappa shape index (κ2) is 3.04. The Balaban J connectivity index is 2.73. The minimum Gasteiger partial charge on any atom is -0.382 e. The Labute approximate surface area is 82.0 Å². The normalized spacial score (nSPS) is 11.9. The van der Waals surface area contributed by atoms with Crippen LogP contribution < -0.4 is 5.73 Å². The number of alkyl halides is 3. The summed E-state index contributed by atoms with van der Waals surface area (Å²) in [6, 6.07) is 2.88. The van der Waals surface area contributed by atoms with Crippen molar-refractivity contribution in [2.45, 2.75) is 6.18 Å². The molecule has 0 saturated heterocycles. The predicted octanol–water partition coefficient (Wildman–Crippen LogP) is 1.63. The van der Waals surface area contributed by atoms with Crippen molar-refractivity contribution in [1.82, 2.24) is 15.0 Å². The number of hydrogen-bond acceptors (Lipinski definition) is 4. The highest BCUT2D eigenvalue weighted by Crippen LogP contribution is 2.28. The fourth-order valence-corrected chi connectivity index (χ4v) is 1.12. The van der Waals surface area contributed by atoms with Gasteiger partial charge >= 0.3 is 6.18 Å². The summed E-state index contributed by atoms with van der Waals surface area (Å²) in [5.74, 6) is -1.52. The third-order valence-electron chi connectivity index (χ3n) is 1.74. The highest BCUT2D eigenvalue weighted by atomic mass is 19.4. The van der Waals surface area contributed by atoms with Crippen molar-refractivity contribution in [2.75, 3.05) is 5.73 Å². The van der Waals surface area contributed by atoms with Crippen LogP contribution in [0.5, 0.6) is 0 Å². The summed E-state index contributed by atoms with van der Waals surface area (Å²) in [6.07, 6.45) is -3.19. The molecule has 0 bridgehead atoms. The number of pyridine rings is 1. The minimum absolute atomic E-state index is 0.0809. The van der Waals surface area contributed by atoms with Crippen molar-refractivity contribution < 1.29 is 13.2 Å². The number of nitrogens with two attached hydrogens (primary N) is 1. The van der Waals surface area contributed by atoms with Crippen LogP contribution in [-0.2, 0) is 6.18 Å². The number of anilines is 1. The van der Waals surface area contributed by atoms with Gasteiger partial charge in [0.05, 0.1) is 5.52 Å². The molecular formula is C8H5F3N4. The van der Waals surface area contributed by atoms with Gasteiger partial charge in [-0.1, -0.05) is 0 Å². The molecule has 0 aliphatic rings. The predicted molar refractivity (Wildman–Crippen MR) is 46.7 cm³/mol. The van der Waals surface area contributed by atoms with E-state index in [1.807, 2.05) is 0 Å². The first-order valence-corrected chi connectivity index (χ1v) is 3.94. The Kier molecular flexibility index (Phi) is 1.95. The molecule has 2 rings (SSSR count). The van der Waals surface area contributed by atoms with Crippen LogP contribution in [0.15, 0.2) is 18.3 Å². The minimum atomic E-state index is -4.60. The third-order valence-corrected chi connectivity index (χ3v) is 1.74. The number of aromatic nitrogens is 3. The maximum absolute atomic E-state index is 12.3. The fourth-order valence-electron chi connectivity index (χ4n) is 1.12. The monoisotopic (exact) mass is 214 g/mol. The lowest BCUT2D eigenvalue weighted by Gasteiger charge is -2.06. The number of hydrogen-bond donors (Lipinski definition) is 1. The van der Waals surface area contributed by atoms with E-state index in [0.717, 1.165) is 0 Å². The lowest BCUT2D eigenvalue weighted by Crippen LogP contribution is -2.13. The molecule has 0 aliphatic carbocycles. The van der Waals surface area contributed by atoms with Crippen LogP contribution >= 0.6 is 0 Å². The summed E-state index contributed by atoms with van der Waals surface area (Å²) in [5.41, 5.74) is 5.59. The molecule has 2 aromatic rings. The Hall–Kier alpha value is -1.92. The van der Waals surface area contributed by atoms with E-state index < -0.39 is 12.0 Å². The fraction of sp³-hybridized carbons (Fsp3) is 0.125. The standard InChI is InChI=1S/C8H5F3N4/c9-8(10,11)7-14-4-2-1-3-13-5(4)6(12)15-7/h1-3H,(H2,12,14,15).